The highest BCUT2D eigenvalue weighted by Crippen LogP contribution is 2.17. The van der Waals surface area contributed by atoms with E-state index in [1.54, 1.807) is 4.90 Å². The van der Waals surface area contributed by atoms with Crippen molar-refractivity contribution in [3.63, 3.8) is 0 Å². The summed E-state index contributed by atoms with van der Waals surface area (Å²) >= 11 is 1.35. The minimum atomic E-state index is 0.0540. The Labute approximate surface area is 106 Å². The van der Waals surface area contributed by atoms with Gasteiger partial charge in [0.05, 0.1) is 17.6 Å². The van der Waals surface area contributed by atoms with Crippen LogP contribution in [0.2, 0.25) is 0 Å². The van der Waals surface area contributed by atoms with Gasteiger partial charge in [0, 0.05) is 12.2 Å². The summed E-state index contributed by atoms with van der Waals surface area (Å²) in [5.41, 5.74) is 2.06. The van der Waals surface area contributed by atoms with Crippen molar-refractivity contribution in [2.45, 2.75) is 13.8 Å². The first-order valence-electron chi connectivity index (χ1n) is 5.50. The van der Waals surface area contributed by atoms with Gasteiger partial charge in [-0.1, -0.05) is 12.1 Å². The smallest absolute Gasteiger partial charge is 0.236 e. The highest BCUT2D eigenvalue weighted by atomic mass is 32.2. The molecular formula is C13H16N2OS. The molecule has 1 aromatic rings. The van der Waals surface area contributed by atoms with Crippen molar-refractivity contribution in [2.24, 2.45) is 0 Å². The molecule has 1 aromatic carbocycles. The summed E-state index contributed by atoms with van der Waals surface area (Å²) in [6.07, 6.45) is 0. The molecule has 0 saturated carbocycles. The first-order chi connectivity index (χ1) is 8.19. The summed E-state index contributed by atoms with van der Waals surface area (Å²) in [7, 11) is 0. The largest absolute Gasteiger partial charge is 0.312 e. The van der Waals surface area contributed by atoms with Crippen LogP contribution in [0.3, 0.4) is 0 Å². The lowest BCUT2D eigenvalue weighted by atomic mass is 10.2. The normalized spacial score (nSPS) is 9.71. The molecule has 90 valence electrons. The van der Waals surface area contributed by atoms with E-state index in [0.29, 0.717) is 18.1 Å². The van der Waals surface area contributed by atoms with Gasteiger partial charge in [-0.25, -0.2) is 0 Å². The van der Waals surface area contributed by atoms with Crippen molar-refractivity contribution in [1.29, 1.82) is 5.26 Å². The number of thioether (sulfide) groups is 1. The minimum absolute atomic E-state index is 0.0540. The molecule has 0 atom stereocenters. The zero-order chi connectivity index (χ0) is 12.7. The maximum atomic E-state index is 12.0. The second-order valence-electron chi connectivity index (χ2n) is 3.63. The van der Waals surface area contributed by atoms with Gasteiger partial charge in [0.15, 0.2) is 0 Å². The van der Waals surface area contributed by atoms with E-state index in [9.17, 15) is 4.79 Å². The van der Waals surface area contributed by atoms with Crippen LogP contribution >= 0.6 is 11.8 Å². The number of benzene rings is 1. The minimum Gasteiger partial charge on any atom is -0.312 e. The van der Waals surface area contributed by atoms with Crippen LogP contribution in [0.1, 0.15) is 12.5 Å². The van der Waals surface area contributed by atoms with Crippen LogP contribution in [0.4, 0.5) is 5.69 Å². The fourth-order valence-electron chi connectivity index (χ4n) is 1.56. The molecule has 0 radical (unpaired) electrons. The lowest BCUT2D eigenvalue weighted by Gasteiger charge is -2.21. The molecule has 0 unspecified atom stereocenters. The number of anilines is 1. The summed E-state index contributed by atoms with van der Waals surface area (Å²) in [4.78, 5) is 13.7. The van der Waals surface area contributed by atoms with Crippen LogP contribution in [0.5, 0.6) is 0 Å². The van der Waals surface area contributed by atoms with E-state index >= 15 is 0 Å². The third-order valence-corrected chi connectivity index (χ3v) is 3.11. The molecule has 0 spiro atoms. The van der Waals surface area contributed by atoms with Gasteiger partial charge < -0.3 is 4.90 Å². The average molecular weight is 248 g/mol. The van der Waals surface area contributed by atoms with Crippen molar-refractivity contribution >= 4 is 23.4 Å². The zero-order valence-electron chi connectivity index (χ0n) is 10.1. The second-order valence-corrected chi connectivity index (χ2v) is 4.61. The maximum Gasteiger partial charge on any atom is 0.236 e. The second kappa shape index (κ2) is 6.97. The van der Waals surface area contributed by atoms with Gasteiger partial charge in [-0.05, 0) is 31.5 Å². The summed E-state index contributed by atoms with van der Waals surface area (Å²) in [6.45, 7) is 4.61. The average Bonchev–Trinajstić information content (AvgIpc) is 2.30. The molecule has 1 amide bonds. The van der Waals surface area contributed by atoms with Gasteiger partial charge in [0.2, 0.25) is 5.91 Å². The van der Waals surface area contributed by atoms with Gasteiger partial charge in [-0.2, -0.15) is 5.26 Å². The molecule has 1 rings (SSSR count). The van der Waals surface area contributed by atoms with Crippen molar-refractivity contribution in [1.82, 2.24) is 0 Å². The molecule has 3 nitrogen and oxygen atoms in total. The summed E-state index contributed by atoms with van der Waals surface area (Å²) < 4.78 is 0. The fourth-order valence-corrected chi connectivity index (χ4v) is 2.08. The van der Waals surface area contributed by atoms with Gasteiger partial charge in [-0.15, -0.1) is 11.8 Å². The molecule has 0 N–H and O–H groups in total. The molecule has 0 aliphatic heterocycles. The number of carbonyl (C=O) groups is 1. The van der Waals surface area contributed by atoms with Crippen LogP contribution < -0.4 is 4.90 Å². The lowest BCUT2D eigenvalue weighted by molar-refractivity contribution is -0.116. The first kappa shape index (κ1) is 13.6. The Balaban J connectivity index is 2.71. The van der Waals surface area contributed by atoms with Gasteiger partial charge in [0.1, 0.15) is 0 Å². The van der Waals surface area contributed by atoms with Crippen LogP contribution in [0.15, 0.2) is 24.3 Å². The molecule has 4 heteroatoms. The third kappa shape index (κ3) is 4.12. The van der Waals surface area contributed by atoms with E-state index in [2.05, 4.69) is 0 Å². The molecule has 0 aliphatic carbocycles. The first-order valence-corrected chi connectivity index (χ1v) is 6.66. The number of amides is 1. The summed E-state index contributed by atoms with van der Waals surface area (Å²) in [6, 6.07) is 9.91. The van der Waals surface area contributed by atoms with Crippen LogP contribution in [0, 0.1) is 18.3 Å². The van der Waals surface area contributed by atoms with Crippen LogP contribution in [-0.2, 0) is 4.79 Å². The zero-order valence-corrected chi connectivity index (χ0v) is 11.0. The van der Waals surface area contributed by atoms with E-state index in [4.69, 9.17) is 5.26 Å². The summed E-state index contributed by atoms with van der Waals surface area (Å²) in [5, 5.41) is 8.43. The Morgan fingerprint density at radius 1 is 1.53 bits per heavy atom. The van der Waals surface area contributed by atoms with E-state index in [-0.39, 0.29) is 5.91 Å². The standard InChI is InChI=1S/C13H16N2OS/c1-3-15(13(16)10-17-8-7-14)12-6-4-5-11(2)9-12/h4-6,9H,3,8,10H2,1-2H3. The van der Waals surface area contributed by atoms with E-state index in [0.717, 1.165) is 11.3 Å². The molecule has 0 bridgehead atoms. The molecule has 17 heavy (non-hydrogen) atoms. The molecule has 0 heterocycles. The Kier molecular flexibility index (Phi) is 5.58. The number of carbonyl (C=O) groups excluding carboxylic acids is 1. The van der Waals surface area contributed by atoms with Crippen molar-refractivity contribution in [2.75, 3.05) is 23.0 Å². The Morgan fingerprint density at radius 2 is 2.29 bits per heavy atom. The topological polar surface area (TPSA) is 44.1 Å². The van der Waals surface area contributed by atoms with Gasteiger partial charge in [-0.3, -0.25) is 4.79 Å². The van der Waals surface area contributed by atoms with Gasteiger partial charge >= 0.3 is 0 Å². The highest BCUT2D eigenvalue weighted by Gasteiger charge is 2.13. The Morgan fingerprint density at radius 3 is 2.88 bits per heavy atom. The SMILES string of the molecule is CCN(C(=O)CSCC#N)c1cccc(C)c1. The van der Waals surface area contributed by atoms with Crippen LogP contribution in [-0.4, -0.2) is 24.0 Å². The molecule has 0 fully saturated rings. The molecule has 0 aliphatic rings. The van der Waals surface area contributed by atoms with E-state index in [1.807, 2.05) is 44.2 Å². The van der Waals surface area contributed by atoms with E-state index in [1.165, 1.54) is 11.8 Å². The van der Waals surface area contributed by atoms with E-state index < -0.39 is 0 Å². The number of aryl methyl sites for hydroxylation is 1. The number of nitrogens with zero attached hydrogens (tertiary/aromatic N) is 2. The number of rotatable bonds is 5. The molecule has 0 aromatic heterocycles. The third-order valence-electron chi connectivity index (χ3n) is 2.32. The monoisotopic (exact) mass is 248 g/mol. The highest BCUT2D eigenvalue weighted by molar-refractivity contribution is 8.00. The Hall–Kier alpha value is -1.47. The fraction of sp³-hybridized carbons (Fsp3) is 0.385. The number of nitriles is 1. The lowest BCUT2D eigenvalue weighted by Crippen LogP contribution is -2.32. The molecular weight excluding hydrogens is 232 g/mol. The number of hydrogen-bond donors (Lipinski definition) is 0. The van der Waals surface area contributed by atoms with Crippen LogP contribution in [0.25, 0.3) is 0 Å². The number of hydrogen-bond acceptors (Lipinski definition) is 3. The van der Waals surface area contributed by atoms with Gasteiger partial charge in [0.25, 0.3) is 0 Å². The quantitative estimate of drug-likeness (QED) is 0.752. The molecule has 0 saturated heterocycles. The predicted molar refractivity (Wildman–Crippen MR) is 72.1 cm³/mol. The predicted octanol–water partition coefficient (Wildman–Crippen LogP) is 2.60. The summed E-state index contributed by atoms with van der Waals surface area (Å²) in [5.74, 6) is 0.769. The van der Waals surface area contributed by atoms with Crippen molar-refractivity contribution < 1.29 is 4.79 Å². The Bertz CT molecular complexity index is 426. The maximum absolute atomic E-state index is 12.0. The van der Waals surface area contributed by atoms with Crippen molar-refractivity contribution in [3.05, 3.63) is 29.8 Å². The van der Waals surface area contributed by atoms with Crippen molar-refractivity contribution in [3.8, 4) is 6.07 Å².